The molecule has 2 heterocycles. The van der Waals surface area contributed by atoms with Gasteiger partial charge in [-0.3, -0.25) is 14.5 Å². The normalized spacial score (nSPS) is 16.9. The lowest BCUT2D eigenvalue weighted by atomic mass is 10.1. The molecule has 1 aliphatic heterocycles. The van der Waals surface area contributed by atoms with E-state index < -0.39 is 10.9 Å². The molecule has 1 aromatic heterocycles. The Morgan fingerprint density at radius 3 is 2.46 bits per heavy atom. The zero-order valence-electron chi connectivity index (χ0n) is 15.3. The lowest BCUT2D eigenvalue weighted by molar-refractivity contribution is 0.0144. The highest BCUT2D eigenvalue weighted by molar-refractivity contribution is 5.74. The first-order valence-electron chi connectivity index (χ1n) is 8.89. The van der Waals surface area contributed by atoms with Crippen molar-refractivity contribution in [1.29, 1.82) is 0 Å². The number of hydrogen-bond acceptors (Lipinski definition) is 8. The maximum absolute atomic E-state index is 12.0. The molecule has 8 heteroatoms. The summed E-state index contributed by atoms with van der Waals surface area (Å²) in [5.41, 5.74) is -0.153. The number of nitrogens with one attached hydrogen (secondary N) is 2. The van der Waals surface area contributed by atoms with Gasteiger partial charge in [0, 0.05) is 32.7 Å². The van der Waals surface area contributed by atoms with Gasteiger partial charge in [0.15, 0.2) is 0 Å². The Labute approximate surface area is 152 Å². The zero-order chi connectivity index (χ0) is 18.5. The van der Waals surface area contributed by atoms with Crippen LogP contribution >= 0.6 is 0 Å². The van der Waals surface area contributed by atoms with Crippen molar-refractivity contribution in [1.82, 2.24) is 9.80 Å². The van der Waals surface area contributed by atoms with Crippen LogP contribution in [0.5, 0.6) is 0 Å². The summed E-state index contributed by atoms with van der Waals surface area (Å²) in [4.78, 5) is 28.1. The average Bonchev–Trinajstić information content (AvgIpc) is 3.17. The molecule has 0 spiro atoms. The molecule has 1 saturated heterocycles. The molecule has 8 nitrogen and oxygen atoms in total. The predicted octanol–water partition coefficient (Wildman–Crippen LogP) is 0.335. The minimum atomic E-state index is -0.461. The van der Waals surface area contributed by atoms with E-state index in [0.29, 0.717) is 37.7 Å². The molecule has 2 aromatic rings. The minimum absolute atomic E-state index is 0.0204. The van der Waals surface area contributed by atoms with E-state index in [9.17, 15) is 9.59 Å². The van der Waals surface area contributed by atoms with Gasteiger partial charge in [-0.05, 0) is 26.2 Å². The van der Waals surface area contributed by atoms with Crippen LogP contribution in [0.1, 0.15) is 11.8 Å². The third-order valence-electron chi connectivity index (χ3n) is 4.60. The summed E-state index contributed by atoms with van der Waals surface area (Å²) in [7, 11) is 3.92. The first-order valence-corrected chi connectivity index (χ1v) is 8.89. The Morgan fingerprint density at radius 2 is 1.85 bits per heavy atom. The predicted molar refractivity (Wildman–Crippen MR) is 101 cm³/mol. The molecule has 1 fully saturated rings. The van der Waals surface area contributed by atoms with Gasteiger partial charge in [0.25, 0.3) is 10.9 Å². The fraction of sp³-hybridized carbons (Fsp3) is 0.556. The molecule has 26 heavy (non-hydrogen) atoms. The van der Waals surface area contributed by atoms with Gasteiger partial charge in [0.05, 0.1) is 25.5 Å². The Kier molecular flexibility index (Phi) is 6.08. The molecule has 2 N–H and O–H groups in total. The quantitative estimate of drug-likeness (QED) is 0.618. The summed E-state index contributed by atoms with van der Waals surface area (Å²) in [6, 6.07) is 3.77. The molecule has 0 unspecified atom stereocenters. The molecule has 0 radical (unpaired) electrons. The van der Waals surface area contributed by atoms with Crippen LogP contribution in [-0.2, 0) is 4.74 Å². The van der Waals surface area contributed by atoms with Crippen LogP contribution in [0.4, 0.5) is 11.4 Å². The second kappa shape index (κ2) is 8.48. The number of likely N-dealkylation sites (N-methyl/N-ethyl adjacent to an activating group) is 1. The van der Waals surface area contributed by atoms with Gasteiger partial charge in [-0.2, -0.15) is 0 Å². The third kappa shape index (κ3) is 4.14. The first-order chi connectivity index (χ1) is 12.6. The van der Waals surface area contributed by atoms with E-state index in [2.05, 4.69) is 15.5 Å². The lowest BCUT2D eigenvalue weighted by Gasteiger charge is -2.33. The monoisotopic (exact) mass is 362 g/mol. The lowest BCUT2D eigenvalue weighted by Crippen LogP contribution is -2.43. The van der Waals surface area contributed by atoms with Gasteiger partial charge in [0.1, 0.15) is 17.1 Å². The van der Waals surface area contributed by atoms with E-state index in [0.717, 1.165) is 25.4 Å². The molecule has 142 valence electrons. The fourth-order valence-corrected chi connectivity index (χ4v) is 3.11. The minimum Gasteiger partial charge on any atom is -0.468 e. The number of rotatable bonds is 9. The summed E-state index contributed by atoms with van der Waals surface area (Å²) >= 11 is 0. The van der Waals surface area contributed by atoms with Crippen LogP contribution in [-0.4, -0.2) is 69.8 Å². The van der Waals surface area contributed by atoms with Gasteiger partial charge < -0.3 is 24.7 Å². The van der Waals surface area contributed by atoms with Crippen molar-refractivity contribution in [2.24, 2.45) is 0 Å². The molecule has 1 aromatic carbocycles. The topological polar surface area (TPSA) is 87.0 Å². The highest BCUT2D eigenvalue weighted by atomic mass is 16.5. The highest BCUT2D eigenvalue weighted by Crippen LogP contribution is 2.24. The Balaban J connectivity index is 1.66. The van der Waals surface area contributed by atoms with Crippen molar-refractivity contribution in [2.45, 2.75) is 6.04 Å². The molecule has 1 atom stereocenters. The van der Waals surface area contributed by atoms with E-state index in [4.69, 9.17) is 9.15 Å². The summed E-state index contributed by atoms with van der Waals surface area (Å²) in [5.74, 6) is 0.834. The molecule has 0 amide bonds. The average molecular weight is 362 g/mol. The zero-order valence-corrected chi connectivity index (χ0v) is 15.3. The molecule has 0 saturated carbocycles. The van der Waals surface area contributed by atoms with E-state index >= 15 is 0 Å². The molecule has 0 bridgehead atoms. The summed E-state index contributed by atoms with van der Waals surface area (Å²) in [6.45, 7) is 4.82. The Morgan fingerprint density at radius 1 is 1.15 bits per heavy atom. The van der Waals surface area contributed by atoms with Crippen molar-refractivity contribution in [3.05, 3.63) is 44.6 Å². The molecule has 0 aliphatic carbocycles. The third-order valence-corrected chi connectivity index (χ3v) is 4.60. The largest absolute Gasteiger partial charge is 0.468 e. The maximum Gasteiger partial charge on any atom is 0.253 e. The van der Waals surface area contributed by atoms with Crippen LogP contribution in [0.25, 0.3) is 0 Å². The highest BCUT2D eigenvalue weighted by Gasteiger charge is 2.27. The summed E-state index contributed by atoms with van der Waals surface area (Å²) in [6.07, 6.45) is 1.65. The second-order valence-electron chi connectivity index (χ2n) is 6.70. The number of morpholine rings is 1. The maximum atomic E-state index is 12.0. The van der Waals surface area contributed by atoms with E-state index in [1.165, 1.54) is 0 Å². The number of ether oxygens (including phenoxy) is 1. The first kappa shape index (κ1) is 18.6. The van der Waals surface area contributed by atoms with Crippen molar-refractivity contribution >= 4 is 11.4 Å². The summed E-state index contributed by atoms with van der Waals surface area (Å²) < 4.78 is 11.0. The van der Waals surface area contributed by atoms with Gasteiger partial charge in [0.2, 0.25) is 0 Å². The van der Waals surface area contributed by atoms with Crippen molar-refractivity contribution in [3.63, 3.8) is 0 Å². The molecular formula is C18H26N4O4. The fourth-order valence-electron chi connectivity index (χ4n) is 3.11. The van der Waals surface area contributed by atoms with Crippen molar-refractivity contribution < 1.29 is 9.15 Å². The van der Waals surface area contributed by atoms with Crippen LogP contribution in [0.3, 0.4) is 0 Å². The molecule has 3 rings (SSSR count). The number of hydrogen-bond donors (Lipinski definition) is 2. The van der Waals surface area contributed by atoms with Crippen LogP contribution in [0.15, 0.2) is 32.4 Å². The van der Waals surface area contributed by atoms with Crippen molar-refractivity contribution in [2.75, 3.05) is 70.7 Å². The van der Waals surface area contributed by atoms with Crippen LogP contribution in [0.2, 0.25) is 0 Å². The van der Waals surface area contributed by atoms with E-state index in [1.54, 1.807) is 6.26 Å². The van der Waals surface area contributed by atoms with Gasteiger partial charge in [-0.1, -0.05) is 0 Å². The smallest absolute Gasteiger partial charge is 0.253 e. The van der Waals surface area contributed by atoms with Gasteiger partial charge in [-0.25, -0.2) is 0 Å². The molecule has 1 aliphatic rings. The standard InChI is InChI=1S/C18H26N4O4/c1-21(2)6-5-19-15-16(18(24)17(15)23)20-12-13(14-4-3-9-26-14)22-7-10-25-11-8-22/h3-4,9,13,19-20H,5-8,10-12H2,1-2H3/t13-/m1/s1. The van der Waals surface area contributed by atoms with E-state index in [-0.39, 0.29) is 6.04 Å². The number of anilines is 2. The van der Waals surface area contributed by atoms with Gasteiger partial charge in [-0.15, -0.1) is 0 Å². The van der Waals surface area contributed by atoms with Crippen LogP contribution in [0, 0.1) is 0 Å². The van der Waals surface area contributed by atoms with Crippen LogP contribution < -0.4 is 21.5 Å². The van der Waals surface area contributed by atoms with Crippen molar-refractivity contribution in [3.8, 4) is 0 Å². The Bertz CT molecular complexity index is 759. The van der Waals surface area contributed by atoms with E-state index in [1.807, 2.05) is 31.1 Å². The molecular weight excluding hydrogens is 336 g/mol. The number of nitrogens with zero attached hydrogens (tertiary/aromatic N) is 2. The summed E-state index contributed by atoms with van der Waals surface area (Å²) in [5, 5.41) is 6.23. The Hall–Kier alpha value is -2.16. The van der Waals surface area contributed by atoms with Gasteiger partial charge >= 0.3 is 0 Å². The number of furan rings is 1. The second-order valence-corrected chi connectivity index (χ2v) is 6.70. The SMILES string of the molecule is CN(C)CCNc1c(NC[C@H](c2ccco2)N2CCOCC2)c(=O)c1=O.